The Morgan fingerprint density at radius 3 is 2.70 bits per heavy atom. The first-order valence-electron chi connectivity index (χ1n) is 8.74. The van der Waals surface area contributed by atoms with Crippen molar-refractivity contribution >= 4 is 11.0 Å². The molecule has 0 atom stereocenters. The van der Waals surface area contributed by atoms with Gasteiger partial charge in [0.2, 0.25) is 0 Å². The molecule has 118 valence electrons. The molecule has 2 nitrogen and oxygen atoms in total. The van der Waals surface area contributed by atoms with Crippen molar-refractivity contribution in [2.75, 3.05) is 0 Å². The van der Waals surface area contributed by atoms with E-state index in [9.17, 15) is 0 Å². The van der Waals surface area contributed by atoms with Crippen LogP contribution in [0.1, 0.15) is 36.0 Å². The van der Waals surface area contributed by atoms with Crippen LogP contribution in [0.15, 0.2) is 36.4 Å². The van der Waals surface area contributed by atoms with E-state index in [0.29, 0.717) is 0 Å². The molecule has 0 bridgehead atoms. The van der Waals surface area contributed by atoms with Gasteiger partial charge in [-0.1, -0.05) is 29.8 Å². The van der Waals surface area contributed by atoms with Gasteiger partial charge in [0, 0.05) is 5.56 Å². The second-order valence-corrected chi connectivity index (χ2v) is 6.95. The molecule has 1 aromatic heterocycles. The minimum atomic E-state index is 1.12. The zero-order chi connectivity index (χ0) is 16.0. The van der Waals surface area contributed by atoms with Gasteiger partial charge < -0.3 is 0 Å². The molecule has 0 aliphatic carbocycles. The number of nitrogens with zero attached hydrogens (tertiary/aromatic N) is 2. The van der Waals surface area contributed by atoms with Crippen LogP contribution in [0, 0.1) is 13.8 Å². The number of para-hydroxylation sites is 1. The molecule has 4 rings (SSSR count). The van der Waals surface area contributed by atoms with Crippen LogP contribution in [0.5, 0.6) is 0 Å². The van der Waals surface area contributed by atoms with Crippen molar-refractivity contribution < 1.29 is 4.57 Å². The van der Waals surface area contributed by atoms with Crippen molar-refractivity contribution in [1.82, 2.24) is 4.57 Å². The maximum Gasteiger partial charge on any atom is 0.289 e. The lowest BCUT2D eigenvalue weighted by atomic mass is 10.0. The zero-order valence-electron chi connectivity index (χ0n) is 14.4. The molecule has 0 N–H and O–H groups in total. The van der Waals surface area contributed by atoms with Crippen molar-refractivity contribution in [2.24, 2.45) is 7.05 Å². The molecule has 0 saturated carbocycles. The molecule has 3 aromatic rings. The summed E-state index contributed by atoms with van der Waals surface area (Å²) < 4.78 is 4.96. The van der Waals surface area contributed by atoms with E-state index in [4.69, 9.17) is 0 Å². The summed E-state index contributed by atoms with van der Waals surface area (Å²) in [5.41, 5.74) is 8.38. The fraction of sp³-hybridized carbons (Fsp3) is 0.381. The highest BCUT2D eigenvalue weighted by molar-refractivity contribution is 5.79. The Morgan fingerprint density at radius 2 is 1.87 bits per heavy atom. The monoisotopic (exact) mass is 305 g/mol. The van der Waals surface area contributed by atoms with E-state index in [-0.39, 0.29) is 0 Å². The van der Waals surface area contributed by atoms with Gasteiger partial charge >= 0.3 is 0 Å². The van der Waals surface area contributed by atoms with E-state index in [2.05, 4.69) is 66.4 Å². The van der Waals surface area contributed by atoms with Gasteiger partial charge in [-0.05, 0) is 57.2 Å². The summed E-state index contributed by atoms with van der Waals surface area (Å²) in [6.07, 6.45) is 5.11. The first kappa shape index (κ1) is 14.5. The normalized spacial score (nSPS) is 14.7. The molecule has 2 aromatic carbocycles. The Kier molecular flexibility index (Phi) is 3.48. The van der Waals surface area contributed by atoms with E-state index in [1.54, 1.807) is 0 Å². The Labute approximate surface area is 138 Å². The van der Waals surface area contributed by atoms with Crippen LogP contribution in [-0.2, 0) is 20.0 Å². The summed E-state index contributed by atoms with van der Waals surface area (Å²) in [5, 5.41) is 0. The average Bonchev–Trinajstić information content (AvgIpc) is 2.78. The van der Waals surface area contributed by atoms with Crippen LogP contribution in [0.3, 0.4) is 0 Å². The van der Waals surface area contributed by atoms with Gasteiger partial charge in [0.05, 0.1) is 19.2 Å². The van der Waals surface area contributed by atoms with Crippen molar-refractivity contribution in [3.8, 4) is 11.4 Å². The Bertz CT molecular complexity index is 886. The molecule has 0 radical (unpaired) electrons. The third kappa shape index (κ3) is 2.28. The summed E-state index contributed by atoms with van der Waals surface area (Å²) in [6.45, 7) is 5.52. The Balaban J connectivity index is 2.07. The van der Waals surface area contributed by atoms with Crippen molar-refractivity contribution in [2.45, 2.75) is 46.1 Å². The smallest absolute Gasteiger partial charge is 0.226 e. The van der Waals surface area contributed by atoms with E-state index < -0.39 is 0 Å². The highest BCUT2D eigenvalue weighted by Gasteiger charge is 2.27. The van der Waals surface area contributed by atoms with Crippen molar-refractivity contribution in [1.29, 1.82) is 0 Å². The van der Waals surface area contributed by atoms with Gasteiger partial charge in [-0.25, -0.2) is 9.13 Å². The fourth-order valence-electron chi connectivity index (χ4n) is 4.13. The third-order valence-corrected chi connectivity index (χ3v) is 5.25. The maximum absolute atomic E-state index is 2.57. The van der Waals surface area contributed by atoms with E-state index >= 15 is 0 Å². The Hall–Kier alpha value is -2.09. The van der Waals surface area contributed by atoms with E-state index in [1.807, 2.05) is 0 Å². The van der Waals surface area contributed by atoms with Crippen molar-refractivity contribution in [3.63, 3.8) is 0 Å². The second kappa shape index (κ2) is 5.52. The SMILES string of the molecule is Cc1ccc(-c2n(C)c3cccc4c3[n+]2CCCCC4)c(C)c1. The van der Waals surface area contributed by atoms with E-state index in [0.717, 1.165) is 6.54 Å². The molecule has 1 aliphatic heterocycles. The van der Waals surface area contributed by atoms with Gasteiger partial charge in [-0.2, -0.15) is 0 Å². The van der Waals surface area contributed by atoms with Crippen LogP contribution in [0.2, 0.25) is 0 Å². The number of aromatic nitrogens is 2. The van der Waals surface area contributed by atoms with E-state index in [1.165, 1.54) is 64.8 Å². The Morgan fingerprint density at radius 1 is 1.00 bits per heavy atom. The number of imidazole rings is 1. The second-order valence-electron chi connectivity index (χ2n) is 6.95. The van der Waals surface area contributed by atoms with Gasteiger partial charge in [-0.15, -0.1) is 0 Å². The molecule has 0 spiro atoms. The number of rotatable bonds is 1. The molecule has 0 fully saturated rings. The first-order valence-corrected chi connectivity index (χ1v) is 8.74. The molecular weight excluding hydrogens is 280 g/mol. The molecule has 1 aliphatic rings. The predicted octanol–water partition coefficient (Wildman–Crippen LogP) is 4.48. The average molecular weight is 305 g/mol. The van der Waals surface area contributed by atoms with Crippen LogP contribution < -0.4 is 4.57 Å². The summed E-state index contributed by atoms with van der Waals surface area (Å²) in [7, 11) is 2.22. The van der Waals surface area contributed by atoms with Gasteiger partial charge in [-0.3, -0.25) is 0 Å². The van der Waals surface area contributed by atoms with Crippen LogP contribution in [0.25, 0.3) is 22.4 Å². The van der Waals surface area contributed by atoms with Crippen molar-refractivity contribution in [3.05, 3.63) is 53.1 Å². The summed E-state index contributed by atoms with van der Waals surface area (Å²) >= 11 is 0. The van der Waals surface area contributed by atoms with Gasteiger partial charge in [0.1, 0.15) is 0 Å². The number of hydrogen-bond acceptors (Lipinski definition) is 0. The summed E-state index contributed by atoms with van der Waals surface area (Å²) in [4.78, 5) is 0. The van der Waals surface area contributed by atoms with Gasteiger partial charge in [0.25, 0.3) is 5.82 Å². The highest BCUT2D eigenvalue weighted by Crippen LogP contribution is 2.29. The highest BCUT2D eigenvalue weighted by atomic mass is 15.2. The molecular formula is C21H25N2+. The van der Waals surface area contributed by atoms with Crippen LogP contribution in [-0.4, -0.2) is 4.57 Å². The summed E-state index contributed by atoms with van der Waals surface area (Å²) in [6, 6.07) is 13.6. The van der Waals surface area contributed by atoms with Gasteiger partial charge in [0.15, 0.2) is 11.0 Å². The topological polar surface area (TPSA) is 8.81 Å². The zero-order valence-corrected chi connectivity index (χ0v) is 14.4. The predicted molar refractivity (Wildman–Crippen MR) is 95.6 cm³/mol. The third-order valence-electron chi connectivity index (χ3n) is 5.25. The first-order chi connectivity index (χ1) is 11.2. The minimum absolute atomic E-state index is 1.12. The van der Waals surface area contributed by atoms with Crippen LogP contribution >= 0.6 is 0 Å². The largest absolute Gasteiger partial charge is 0.289 e. The molecule has 2 heteroatoms. The number of aryl methyl sites for hydroxylation is 5. The standard InChI is InChI=1S/C21H25N2/c1-15-11-12-18(16(2)14-15)21-22(3)19-10-7-9-17-8-5-4-6-13-23(21)20(17)19/h7,9-12,14H,4-6,8,13H2,1-3H3/q+1. The lowest BCUT2D eigenvalue weighted by Crippen LogP contribution is -2.37. The quantitative estimate of drug-likeness (QED) is 0.586. The maximum atomic E-state index is 2.57. The van der Waals surface area contributed by atoms with Crippen LogP contribution in [0.4, 0.5) is 0 Å². The fourth-order valence-corrected chi connectivity index (χ4v) is 4.13. The molecule has 23 heavy (non-hydrogen) atoms. The molecule has 0 amide bonds. The molecule has 2 heterocycles. The number of benzene rings is 2. The lowest BCUT2D eigenvalue weighted by molar-refractivity contribution is -0.662. The molecule has 0 unspecified atom stereocenters. The minimum Gasteiger partial charge on any atom is -0.226 e. The number of hydrogen-bond donors (Lipinski definition) is 0. The molecule has 0 saturated heterocycles. The summed E-state index contributed by atoms with van der Waals surface area (Å²) in [5.74, 6) is 1.35. The lowest BCUT2D eigenvalue weighted by Gasteiger charge is -2.10.